The third-order valence-corrected chi connectivity index (χ3v) is 5.13. The van der Waals surface area contributed by atoms with Crippen LogP contribution in [-0.2, 0) is 13.0 Å². The number of rotatable bonds is 3. The minimum Gasteiger partial charge on any atom is -1.00 e. The van der Waals surface area contributed by atoms with Crippen molar-refractivity contribution in [1.82, 2.24) is 4.57 Å². The summed E-state index contributed by atoms with van der Waals surface area (Å²) in [5.74, 6) is 2.24. The minimum atomic E-state index is 0. The first-order valence-electron chi connectivity index (χ1n) is 8.81. The third kappa shape index (κ3) is 3.67. The van der Waals surface area contributed by atoms with Crippen LogP contribution in [0.5, 0.6) is 5.75 Å². The lowest BCUT2D eigenvalue weighted by atomic mass is 10.1. The van der Waals surface area contributed by atoms with E-state index in [0.717, 1.165) is 29.4 Å². The lowest BCUT2D eigenvalue weighted by Gasteiger charge is -2.06. The van der Waals surface area contributed by atoms with E-state index in [1.807, 2.05) is 24.3 Å². The summed E-state index contributed by atoms with van der Waals surface area (Å²) >= 11 is 6.10. The summed E-state index contributed by atoms with van der Waals surface area (Å²) < 4.78 is 10.1. The average Bonchev–Trinajstić information content (AvgIpc) is 2.85. The second-order valence-corrected chi connectivity index (χ2v) is 6.91. The molecule has 0 bridgehead atoms. The predicted molar refractivity (Wildman–Crippen MR) is 101 cm³/mol. The Bertz CT molecular complexity index is 872. The van der Waals surface area contributed by atoms with E-state index in [1.54, 1.807) is 7.11 Å². The van der Waals surface area contributed by atoms with E-state index >= 15 is 0 Å². The number of hydrogen-bond donors (Lipinski definition) is 0. The third-order valence-electron chi connectivity index (χ3n) is 4.88. The molecule has 4 rings (SSSR count). The molecule has 3 aromatic rings. The number of methoxy groups -OCH3 is 1. The van der Waals surface area contributed by atoms with E-state index in [2.05, 4.69) is 39.6 Å². The van der Waals surface area contributed by atoms with Gasteiger partial charge in [-0.05, 0) is 67.8 Å². The lowest BCUT2D eigenvalue weighted by molar-refractivity contribution is -0.702. The Hall–Kier alpha value is -1.78. The van der Waals surface area contributed by atoms with E-state index in [9.17, 15) is 0 Å². The molecule has 1 aliphatic heterocycles. The van der Waals surface area contributed by atoms with Crippen LogP contribution in [0.3, 0.4) is 0 Å². The number of halogens is 2. The Morgan fingerprint density at radius 1 is 0.962 bits per heavy atom. The molecule has 3 nitrogen and oxygen atoms in total. The Morgan fingerprint density at radius 2 is 1.69 bits per heavy atom. The largest absolute Gasteiger partial charge is 1.00 e. The molecule has 1 aromatic heterocycles. The second kappa shape index (κ2) is 8.28. The first-order valence-corrected chi connectivity index (χ1v) is 9.18. The summed E-state index contributed by atoms with van der Waals surface area (Å²) in [5.41, 5.74) is 3.56. The number of hydrogen-bond acceptors (Lipinski definition) is 1. The van der Waals surface area contributed by atoms with Gasteiger partial charge >= 0.3 is 0 Å². The van der Waals surface area contributed by atoms with Crippen LogP contribution in [0.15, 0.2) is 54.7 Å². The molecule has 0 fully saturated rings. The van der Waals surface area contributed by atoms with Crippen molar-refractivity contribution in [2.24, 2.45) is 0 Å². The molecule has 2 heterocycles. The van der Waals surface area contributed by atoms with Crippen molar-refractivity contribution in [3.8, 4) is 22.7 Å². The Balaban J connectivity index is 0.00000196. The summed E-state index contributed by atoms with van der Waals surface area (Å²) in [4.78, 5) is 0. The highest BCUT2D eigenvalue weighted by molar-refractivity contribution is 6.30. The van der Waals surface area contributed by atoms with Crippen molar-refractivity contribution in [2.75, 3.05) is 7.11 Å². The molecule has 0 saturated heterocycles. The summed E-state index contributed by atoms with van der Waals surface area (Å²) in [6, 6.07) is 16.4. The van der Waals surface area contributed by atoms with Crippen molar-refractivity contribution < 1.29 is 26.3 Å². The standard InChI is InChI=1S/C21H22ClN2O.BrH/c1-25-19-12-6-16(7-13-19)20-15-23-14-4-2-3-5-21(23)24(20)18-10-8-17(22)9-11-18;/h6-13,15H,2-5,14H2,1H3;1H/q+1;/p-1. The number of ether oxygens (including phenoxy) is 1. The van der Waals surface area contributed by atoms with Crippen LogP contribution in [0, 0.1) is 0 Å². The van der Waals surface area contributed by atoms with Gasteiger partial charge in [-0.1, -0.05) is 11.6 Å². The number of aromatic nitrogens is 2. The monoisotopic (exact) mass is 432 g/mol. The minimum absolute atomic E-state index is 0. The van der Waals surface area contributed by atoms with Crippen LogP contribution >= 0.6 is 11.6 Å². The molecule has 1 aliphatic rings. The Labute approximate surface area is 170 Å². The molecular weight excluding hydrogens is 412 g/mol. The predicted octanol–water partition coefficient (Wildman–Crippen LogP) is 1.82. The summed E-state index contributed by atoms with van der Waals surface area (Å²) in [5, 5.41) is 0.764. The first-order chi connectivity index (χ1) is 12.3. The molecule has 0 unspecified atom stereocenters. The van der Waals surface area contributed by atoms with Gasteiger partial charge in [0.25, 0.3) is 5.82 Å². The quantitative estimate of drug-likeness (QED) is 0.576. The smallest absolute Gasteiger partial charge is 0.262 e. The van der Waals surface area contributed by atoms with Gasteiger partial charge in [-0.2, -0.15) is 4.57 Å². The fourth-order valence-electron chi connectivity index (χ4n) is 3.58. The molecule has 2 aromatic carbocycles. The van der Waals surface area contributed by atoms with Crippen molar-refractivity contribution in [1.29, 1.82) is 0 Å². The molecule has 26 heavy (non-hydrogen) atoms. The summed E-state index contributed by atoms with van der Waals surface area (Å²) in [6.45, 7) is 1.08. The van der Waals surface area contributed by atoms with E-state index in [1.165, 1.54) is 36.3 Å². The zero-order valence-electron chi connectivity index (χ0n) is 14.8. The Morgan fingerprint density at radius 3 is 2.38 bits per heavy atom. The maximum absolute atomic E-state index is 6.10. The molecular formula is C21H22BrClN2O. The summed E-state index contributed by atoms with van der Waals surface area (Å²) in [7, 11) is 1.70. The SMILES string of the molecule is COc1ccc(-c2c[n+]3c(n2-c2ccc(Cl)cc2)CCCCC3)cc1.[Br-]. The van der Waals surface area contributed by atoms with Crippen LogP contribution < -0.4 is 26.3 Å². The fraction of sp³-hybridized carbons (Fsp3) is 0.286. The molecule has 0 amide bonds. The summed E-state index contributed by atoms with van der Waals surface area (Å²) in [6.07, 6.45) is 7.15. The van der Waals surface area contributed by atoms with Crippen LogP contribution in [0.2, 0.25) is 5.02 Å². The number of benzene rings is 2. The van der Waals surface area contributed by atoms with Crippen molar-refractivity contribution >= 4 is 11.6 Å². The van der Waals surface area contributed by atoms with Crippen LogP contribution in [0.4, 0.5) is 0 Å². The zero-order valence-corrected chi connectivity index (χ0v) is 17.1. The number of imidazole rings is 1. The molecule has 0 spiro atoms. The van der Waals surface area contributed by atoms with E-state index in [-0.39, 0.29) is 17.0 Å². The van der Waals surface area contributed by atoms with Crippen LogP contribution in [-0.4, -0.2) is 11.7 Å². The second-order valence-electron chi connectivity index (χ2n) is 6.47. The maximum Gasteiger partial charge on any atom is 0.262 e. The highest BCUT2D eigenvalue weighted by Crippen LogP contribution is 2.28. The normalized spacial score (nSPS) is 13.5. The van der Waals surface area contributed by atoms with Gasteiger partial charge in [0.2, 0.25) is 0 Å². The molecule has 0 N–H and O–H groups in total. The Kier molecular flexibility index (Phi) is 6.05. The van der Waals surface area contributed by atoms with Crippen molar-refractivity contribution in [3.63, 3.8) is 0 Å². The van der Waals surface area contributed by atoms with Gasteiger partial charge in [0.05, 0.1) is 13.7 Å². The highest BCUT2D eigenvalue weighted by atomic mass is 79.9. The molecule has 0 saturated carbocycles. The highest BCUT2D eigenvalue weighted by Gasteiger charge is 2.27. The van der Waals surface area contributed by atoms with Crippen molar-refractivity contribution in [2.45, 2.75) is 32.2 Å². The van der Waals surface area contributed by atoms with Gasteiger partial charge < -0.3 is 21.7 Å². The number of fused-ring (bicyclic) bond motifs is 1. The molecule has 0 aliphatic carbocycles. The number of aryl methyl sites for hydroxylation is 1. The van der Waals surface area contributed by atoms with E-state index in [0.29, 0.717) is 0 Å². The van der Waals surface area contributed by atoms with Crippen LogP contribution in [0.1, 0.15) is 25.1 Å². The lowest BCUT2D eigenvalue weighted by Crippen LogP contribution is -3.00. The number of nitrogens with zero attached hydrogens (tertiary/aromatic N) is 2. The fourth-order valence-corrected chi connectivity index (χ4v) is 3.71. The van der Waals surface area contributed by atoms with Crippen LogP contribution in [0.25, 0.3) is 16.9 Å². The zero-order chi connectivity index (χ0) is 17.2. The molecule has 0 atom stereocenters. The van der Waals surface area contributed by atoms with E-state index in [4.69, 9.17) is 16.3 Å². The molecule has 136 valence electrons. The van der Waals surface area contributed by atoms with Gasteiger partial charge in [0.15, 0.2) is 5.69 Å². The van der Waals surface area contributed by atoms with Gasteiger partial charge in [-0.25, -0.2) is 4.57 Å². The molecule has 0 radical (unpaired) electrons. The first kappa shape index (κ1) is 19.0. The molecule has 5 heteroatoms. The van der Waals surface area contributed by atoms with Gasteiger partial charge in [0.1, 0.15) is 17.6 Å². The maximum atomic E-state index is 6.10. The van der Waals surface area contributed by atoms with Gasteiger partial charge in [-0.3, -0.25) is 0 Å². The topological polar surface area (TPSA) is 18.0 Å². The van der Waals surface area contributed by atoms with E-state index < -0.39 is 0 Å². The van der Waals surface area contributed by atoms with Gasteiger partial charge in [-0.15, -0.1) is 0 Å². The van der Waals surface area contributed by atoms with Gasteiger partial charge in [0, 0.05) is 17.0 Å². The van der Waals surface area contributed by atoms with Crippen molar-refractivity contribution in [3.05, 3.63) is 65.6 Å². The average molecular weight is 434 g/mol.